The highest BCUT2D eigenvalue weighted by atomic mass is 16.2. The third kappa shape index (κ3) is 1.61. The molecule has 1 fully saturated rings. The van der Waals surface area contributed by atoms with E-state index in [1.807, 2.05) is 35.2 Å². The van der Waals surface area contributed by atoms with Gasteiger partial charge in [0.2, 0.25) is 5.91 Å². The van der Waals surface area contributed by atoms with E-state index in [0.29, 0.717) is 13.0 Å². The third-order valence-electron chi connectivity index (χ3n) is 3.54. The molecule has 0 bridgehead atoms. The number of amides is 1. The van der Waals surface area contributed by atoms with E-state index in [1.165, 1.54) is 0 Å². The van der Waals surface area contributed by atoms with Crippen LogP contribution in [0.5, 0.6) is 0 Å². The summed E-state index contributed by atoms with van der Waals surface area (Å²) < 4.78 is 0. The Bertz CT molecular complexity index is 386. The van der Waals surface area contributed by atoms with E-state index in [1.54, 1.807) is 0 Å². The van der Waals surface area contributed by atoms with Gasteiger partial charge in [0.1, 0.15) is 0 Å². The summed E-state index contributed by atoms with van der Waals surface area (Å²) in [5.74, 6) is 0.409. The molecule has 1 aromatic carbocycles. The highest BCUT2D eigenvalue weighted by Gasteiger charge is 2.45. The van der Waals surface area contributed by atoms with Crippen LogP contribution in [0.1, 0.15) is 20.3 Å². The number of benzene rings is 1. The molecule has 1 aromatic rings. The molecular weight excluding hydrogens is 200 g/mol. The lowest BCUT2D eigenvalue weighted by atomic mass is 9.88. The minimum atomic E-state index is -0.187. The van der Waals surface area contributed by atoms with E-state index in [9.17, 15) is 4.79 Å². The number of nitrogens with zero attached hydrogens (tertiary/aromatic N) is 1. The smallest absolute Gasteiger partial charge is 0.227 e. The van der Waals surface area contributed by atoms with Gasteiger partial charge in [-0.1, -0.05) is 18.2 Å². The molecule has 1 aliphatic rings. The molecule has 2 rings (SSSR count). The molecule has 1 amide bonds. The van der Waals surface area contributed by atoms with E-state index >= 15 is 0 Å². The second-order valence-corrected chi connectivity index (χ2v) is 4.86. The predicted molar refractivity (Wildman–Crippen MR) is 65.2 cm³/mol. The first kappa shape index (κ1) is 11.1. The van der Waals surface area contributed by atoms with Crippen LogP contribution >= 0.6 is 0 Å². The van der Waals surface area contributed by atoms with Crippen molar-refractivity contribution in [1.29, 1.82) is 0 Å². The Hall–Kier alpha value is -1.35. The maximum Gasteiger partial charge on any atom is 0.227 e. The van der Waals surface area contributed by atoms with Crippen molar-refractivity contribution in [3.8, 4) is 0 Å². The third-order valence-corrected chi connectivity index (χ3v) is 3.54. The number of hydrogen-bond donors (Lipinski definition) is 1. The predicted octanol–water partition coefficient (Wildman–Crippen LogP) is 1.78. The monoisotopic (exact) mass is 218 g/mol. The average Bonchev–Trinajstić information content (AvgIpc) is 2.49. The molecule has 0 aromatic heterocycles. The number of carbonyl (C=O) groups is 1. The van der Waals surface area contributed by atoms with Crippen molar-refractivity contribution in [3.05, 3.63) is 30.3 Å². The van der Waals surface area contributed by atoms with Gasteiger partial charge in [0, 0.05) is 23.6 Å². The van der Waals surface area contributed by atoms with Crippen molar-refractivity contribution < 1.29 is 4.79 Å². The van der Waals surface area contributed by atoms with Crippen molar-refractivity contribution in [2.24, 2.45) is 11.7 Å². The van der Waals surface area contributed by atoms with Crippen LogP contribution in [0.2, 0.25) is 0 Å². The van der Waals surface area contributed by atoms with Crippen LogP contribution in [0.25, 0.3) is 0 Å². The standard InChI is InChI=1S/C13H18N2O/c1-13(2)10(9-14)8-12(16)15(13)11-6-4-3-5-7-11/h3-7,10H,8-9,14H2,1-2H3. The SMILES string of the molecule is CC1(C)C(CN)CC(=O)N1c1ccccc1. The molecule has 0 spiro atoms. The Kier molecular flexibility index (Phi) is 2.72. The zero-order valence-electron chi connectivity index (χ0n) is 9.81. The molecule has 0 saturated carbocycles. The van der Waals surface area contributed by atoms with Crippen molar-refractivity contribution in [1.82, 2.24) is 0 Å². The molecule has 1 saturated heterocycles. The van der Waals surface area contributed by atoms with Gasteiger partial charge in [-0.2, -0.15) is 0 Å². The largest absolute Gasteiger partial charge is 0.330 e. The van der Waals surface area contributed by atoms with Gasteiger partial charge in [-0.15, -0.1) is 0 Å². The summed E-state index contributed by atoms with van der Waals surface area (Å²) in [5, 5.41) is 0. The summed E-state index contributed by atoms with van der Waals surface area (Å²) in [6, 6.07) is 9.80. The first-order valence-corrected chi connectivity index (χ1v) is 5.65. The minimum absolute atomic E-state index is 0.173. The van der Waals surface area contributed by atoms with Gasteiger partial charge in [-0.3, -0.25) is 4.79 Å². The fourth-order valence-corrected chi connectivity index (χ4v) is 2.48. The molecule has 1 atom stereocenters. The summed E-state index contributed by atoms with van der Waals surface area (Å²) in [6.07, 6.45) is 0.554. The van der Waals surface area contributed by atoms with Crippen molar-refractivity contribution in [2.75, 3.05) is 11.4 Å². The first-order valence-electron chi connectivity index (χ1n) is 5.65. The molecule has 2 N–H and O–H groups in total. The van der Waals surface area contributed by atoms with Crippen molar-refractivity contribution >= 4 is 11.6 Å². The van der Waals surface area contributed by atoms with Crippen LogP contribution in [0, 0.1) is 5.92 Å². The number of hydrogen-bond acceptors (Lipinski definition) is 2. The zero-order valence-corrected chi connectivity index (χ0v) is 9.81. The van der Waals surface area contributed by atoms with Crippen LogP contribution in [0.3, 0.4) is 0 Å². The van der Waals surface area contributed by atoms with Crippen LogP contribution in [0.15, 0.2) is 30.3 Å². The van der Waals surface area contributed by atoms with Gasteiger partial charge < -0.3 is 10.6 Å². The first-order chi connectivity index (χ1) is 7.57. The number of para-hydroxylation sites is 1. The Morgan fingerprint density at radius 2 is 2.00 bits per heavy atom. The van der Waals surface area contributed by atoms with Gasteiger partial charge in [0.05, 0.1) is 0 Å². The maximum absolute atomic E-state index is 12.0. The topological polar surface area (TPSA) is 46.3 Å². The van der Waals surface area contributed by atoms with E-state index in [2.05, 4.69) is 13.8 Å². The number of anilines is 1. The molecule has 0 aliphatic carbocycles. The number of rotatable bonds is 2. The second kappa shape index (κ2) is 3.91. The Morgan fingerprint density at radius 3 is 2.50 bits per heavy atom. The quantitative estimate of drug-likeness (QED) is 0.822. The lowest BCUT2D eigenvalue weighted by Gasteiger charge is -2.35. The highest BCUT2D eigenvalue weighted by molar-refractivity contribution is 5.97. The minimum Gasteiger partial charge on any atom is -0.330 e. The molecule has 1 aliphatic heterocycles. The molecule has 3 heteroatoms. The Balaban J connectivity index is 2.38. The normalized spacial score (nSPS) is 23.8. The summed E-state index contributed by atoms with van der Waals surface area (Å²) in [7, 11) is 0. The summed E-state index contributed by atoms with van der Waals surface area (Å²) in [5.41, 5.74) is 6.51. The van der Waals surface area contributed by atoms with Crippen molar-refractivity contribution in [2.45, 2.75) is 25.8 Å². The summed E-state index contributed by atoms with van der Waals surface area (Å²) in [6.45, 7) is 4.73. The molecule has 1 unspecified atom stereocenters. The summed E-state index contributed by atoms with van der Waals surface area (Å²) in [4.78, 5) is 13.9. The molecule has 86 valence electrons. The van der Waals surface area contributed by atoms with E-state index in [0.717, 1.165) is 5.69 Å². The number of nitrogens with two attached hydrogens (primary N) is 1. The average molecular weight is 218 g/mol. The fraction of sp³-hybridized carbons (Fsp3) is 0.462. The lowest BCUT2D eigenvalue weighted by molar-refractivity contribution is -0.117. The second-order valence-electron chi connectivity index (χ2n) is 4.86. The lowest BCUT2D eigenvalue weighted by Crippen LogP contribution is -2.46. The Morgan fingerprint density at radius 1 is 1.38 bits per heavy atom. The van der Waals surface area contributed by atoms with Crippen LogP contribution in [-0.2, 0) is 4.79 Å². The highest BCUT2D eigenvalue weighted by Crippen LogP contribution is 2.38. The van der Waals surface area contributed by atoms with Gasteiger partial charge in [0.15, 0.2) is 0 Å². The molecule has 1 heterocycles. The molecule has 16 heavy (non-hydrogen) atoms. The number of carbonyl (C=O) groups excluding carboxylic acids is 1. The van der Waals surface area contributed by atoms with E-state index in [4.69, 9.17) is 5.73 Å². The fourth-order valence-electron chi connectivity index (χ4n) is 2.48. The maximum atomic E-state index is 12.0. The van der Waals surface area contributed by atoms with E-state index < -0.39 is 0 Å². The van der Waals surface area contributed by atoms with Gasteiger partial charge in [0.25, 0.3) is 0 Å². The van der Waals surface area contributed by atoms with Crippen LogP contribution in [0.4, 0.5) is 5.69 Å². The van der Waals surface area contributed by atoms with Crippen LogP contribution < -0.4 is 10.6 Å². The van der Waals surface area contributed by atoms with Gasteiger partial charge >= 0.3 is 0 Å². The van der Waals surface area contributed by atoms with Crippen molar-refractivity contribution in [3.63, 3.8) is 0 Å². The molecule has 3 nitrogen and oxygen atoms in total. The van der Waals surface area contributed by atoms with E-state index in [-0.39, 0.29) is 17.4 Å². The zero-order chi connectivity index (χ0) is 11.8. The van der Waals surface area contributed by atoms with Crippen LogP contribution in [-0.4, -0.2) is 18.0 Å². The van der Waals surface area contributed by atoms with Gasteiger partial charge in [-0.05, 0) is 32.5 Å². The molecule has 0 radical (unpaired) electrons. The summed E-state index contributed by atoms with van der Waals surface area (Å²) >= 11 is 0. The van der Waals surface area contributed by atoms with Gasteiger partial charge in [-0.25, -0.2) is 0 Å². The Labute approximate surface area is 96.2 Å². The molecular formula is C13H18N2O.